The first-order chi connectivity index (χ1) is 11.3. The van der Waals surface area contributed by atoms with Crippen LogP contribution in [0.3, 0.4) is 0 Å². The molecule has 1 N–H and O–H groups in total. The Labute approximate surface area is 135 Å². The second-order valence-electron chi connectivity index (χ2n) is 5.57. The molecule has 3 rings (SSSR count). The number of ether oxygens (including phenoxy) is 1. The van der Waals surface area contributed by atoms with Crippen molar-refractivity contribution in [1.82, 2.24) is 25.1 Å². The largest absolute Gasteiger partial charge is 0.372 e. The normalized spacial score (nSPS) is 21.1. The molecule has 122 valence electrons. The van der Waals surface area contributed by atoms with Crippen molar-refractivity contribution in [1.29, 1.82) is 0 Å². The van der Waals surface area contributed by atoms with Crippen molar-refractivity contribution < 1.29 is 9.53 Å². The molecule has 0 saturated carbocycles. The minimum atomic E-state index is -0.180. The van der Waals surface area contributed by atoms with E-state index in [-0.39, 0.29) is 17.9 Å². The Bertz CT molecular complexity index is 643. The maximum atomic E-state index is 12.1. The summed E-state index contributed by atoms with van der Waals surface area (Å²) < 4.78 is 7.93. The smallest absolute Gasteiger partial charge is 0.270 e. The molecule has 0 aromatic carbocycles. The highest BCUT2D eigenvalue weighted by Crippen LogP contribution is 2.33. The van der Waals surface area contributed by atoms with Gasteiger partial charge in [-0.2, -0.15) is 5.10 Å². The summed E-state index contributed by atoms with van der Waals surface area (Å²) >= 11 is 0. The summed E-state index contributed by atoms with van der Waals surface area (Å²) in [5.41, 5.74) is 1.46. The molecular weight excluding hydrogens is 294 g/mol. The number of carbonyl (C=O) groups is 1. The van der Waals surface area contributed by atoms with Gasteiger partial charge in [0.25, 0.3) is 5.91 Å². The Morgan fingerprint density at radius 1 is 1.43 bits per heavy atom. The average molecular weight is 315 g/mol. The highest BCUT2D eigenvalue weighted by atomic mass is 16.5. The van der Waals surface area contributed by atoms with E-state index in [9.17, 15) is 4.79 Å². The van der Waals surface area contributed by atoms with Crippen molar-refractivity contribution in [2.45, 2.75) is 32.4 Å². The van der Waals surface area contributed by atoms with Crippen molar-refractivity contribution >= 4 is 5.91 Å². The lowest BCUT2D eigenvalue weighted by atomic mass is 9.92. The Morgan fingerprint density at radius 2 is 2.35 bits per heavy atom. The van der Waals surface area contributed by atoms with Crippen molar-refractivity contribution in [3.63, 3.8) is 0 Å². The topological polar surface area (TPSA) is 81.9 Å². The molecule has 1 aliphatic heterocycles. The van der Waals surface area contributed by atoms with Crippen LogP contribution in [0.25, 0.3) is 0 Å². The Morgan fingerprint density at radius 3 is 3.13 bits per heavy atom. The molecular formula is C16H21N5O2. The van der Waals surface area contributed by atoms with Crippen LogP contribution < -0.4 is 5.32 Å². The minimum Gasteiger partial charge on any atom is -0.372 e. The summed E-state index contributed by atoms with van der Waals surface area (Å²) in [5.74, 6) is 0.0530. The van der Waals surface area contributed by atoms with Crippen molar-refractivity contribution in [3.05, 3.63) is 42.2 Å². The number of nitrogens with zero attached hydrogens (tertiary/aromatic N) is 4. The van der Waals surface area contributed by atoms with E-state index in [0.717, 1.165) is 31.7 Å². The molecule has 1 aliphatic rings. The molecule has 0 unspecified atom stereocenters. The molecule has 2 atom stereocenters. The quantitative estimate of drug-likeness (QED) is 0.906. The first-order valence-corrected chi connectivity index (χ1v) is 7.97. The Balaban J connectivity index is 1.66. The highest BCUT2D eigenvalue weighted by molar-refractivity contribution is 5.92. The van der Waals surface area contributed by atoms with E-state index >= 15 is 0 Å². The summed E-state index contributed by atoms with van der Waals surface area (Å²) in [7, 11) is 0. The minimum absolute atomic E-state index is 0.0306. The van der Waals surface area contributed by atoms with Gasteiger partial charge >= 0.3 is 0 Å². The number of nitrogens with one attached hydrogen (secondary N) is 1. The lowest BCUT2D eigenvalue weighted by molar-refractivity contribution is -0.0321. The molecule has 2 aromatic rings. The number of amides is 1. The molecule has 1 fully saturated rings. The molecule has 23 heavy (non-hydrogen) atoms. The molecule has 0 radical (unpaired) electrons. The number of hydrogen-bond acceptors (Lipinski definition) is 5. The zero-order valence-corrected chi connectivity index (χ0v) is 13.2. The van der Waals surface area contributed by atoms with Crippen LogP contribution in [-0.2, 0) is 11.3 Å². The van der Waals surface area contributed by atoms with E-state index in [1.807, 2.05) is 10.7 Å². The van der Waals surface area contributed by atoms with Gasteiger partial charge in [-0.1, -0.05) is 0 Å². The molecule has 3 heterocycles. The molecule has 0 aliphatic carbocycles. The second-order valence-corrected chi connectivity index (χ2v) is 5.57. The van der Waals surface area contributed by atoms with Gasteiger partial charge in [-0.15, -0.1) is 0 Å². The number of aryl methyl sites for hydroxylation is 1. The lowest BCUT2D eigenvalue weighted by Crippen LogP contribution is -2.36. The lowest BCUT2D eigenvalue weighted by Gasteiger charge is -2.32. The predicted molar refractivity (Wildman–Crippen MR) is 83.7 cm³/mol. The van der Waals surface area contributed by atoms with Gasteiger partial charge in [0.2, 0.25) is 0 Å². The molecule has 0 bridgehead atoms. The standard InChI is InChI=1S/C16H21N5O2/c1-2-21-14(6-8-20-21)15-12(4-3-9-23-15)10-18-16(22)13-5-7-17-11-19-13/h5-8,11-12,15H,2-4,9-10H2,1H3,(H,18,22)/t12-,15+/m0/s1. The van der Waals surface area contributed by atoms with Gasteiger partial charge in [-0.3, -0.25) is 9.48 Å². The molecule has 7 nitrogen and oxygen atoms in total. The first-order valence-electron chi connectivity index (χ1n) is 7.97. The number of rotatable bonds is 5. The van der Waals surface area contributed by atoms with Crippen molar-refractivity contribution in [2.24, 2.45) is 5.92 Å². The fourth-order valence-corrected chi connectivity index (χ4v) is 2.97. The number of aromatic nitrogens is 4. The maximum Gasteiger partial charge on any atom is 0.270 e. The van der Waals surface area contributed by atoms with Crippen LogP contribution in [-0.4, -0.2) is 38.8 Å². The maximum absolute atomic E-state index is 12.1. The van der Waals surface area contributed by atoms with Crippen LogP contribution in [0, 0.1) is 5.92 Å². The molecule has 1 saturated heterocycles. The predicted octanol–water partition coefficient (Wildman–Crippen LogP) is 1.59. The van der Waals surface area contributed by atoms with Crippen molar-refractivity contribution in [2.75, 3.05) is 13.2 Å². The van der Waals surface area contributed by atoms with Gasteiger partial charge in [-0.25, -0.2) is 9.97 Å². The summed E-state index contributed by atoms with van der Waals surface area (Å²) in [6, 6.07) is 3.61. The first kappa shape index (κ1) is 15.6. The van der Waals surface area contributed by atoms with Crippen LogP contribution in [0.4, 0.5) is 0 Å². The SMILES string of the molecule is CCn1nccc1[C@@H]1OCCC[C@H]1CNC(=O)c1ccncn1. The third-order valence-electron chi connectivity index (χ3n) is 4.12. The molecule has 0 spiro atoms. The fraction of sp³-hybridized carbons (Fsp3) is 0.500. The van der Waals surface area contributed by atoms with E-state index < -0.39 is 0 Å². The number of hydrogen-bond donors (Lipinski definition) is 1. The van der Waals surface area contributed by atoms with E-state index in [2.05, 4.69) is 27.3 Å². The Hall–Kier alpha value is -2.28. The third-order valence-corrected chi connectivity index (χ3v) is 4.12. The zero-order valence-electron chi connectivity index (χ0n) is 13.2. The van der Waals surface area contributed by atoms with Crippen molar-refractivity contribution in [3.8, 4) is 0 Å². The number of carbonyl (C=O) groups excluding carboxylic acids is 1. The average Bonchev–Trinajstić information content (AvgIpc) is 3.09. The monoisotopic (exact) mass is 315 g/mol. The van der Waals surface area contributed by atoms with E-state index in [0.29, 0.717) is 12.2 Å². The van der Waals surface area contributed by atoms with Gasteiger partial charge in [0.05, 0.1) is 5.69 Å². The summed E-state index contributed by atoms with van der Waals surface area (Å²) in [6.45, 7) is 4.17. The molecule has 7 heteroatoms. The summed E-state index contributed by atoms with van der Waals surface area (Å²) in [6.07, 6.45) is 6.73. The van der Waals surface area contributed by atoms with Crippen LogP contribution in [0.1, 0.15) is 42.1 Å². The van der Waals surface area contributed by atoms with Gasteiger partial charge in [0.1, 0.15) is 18.1 Å². The van der Waals surface area contributed by atoms with E-state index in [1.54, 1.807) is 18.5 Å². The van der Waals surface area contributed by atoms with Gasteiger partial charge < -0.3 is 10.1 Å². The molecule has 1 amide bonds. The van der Waals surface area contributed by atoms with Crippen LogP contribution >= 0.6 is 0 Å². The molecule has 2 aromatic heterocycles. The van der Waals surface area contributed by atoms with Crippen LogP contribution in [0.15, 0.2) is 30.9 Å². The summed E-state index contributed by atoms with van der Waals surface area (Å²) in [5, 5.41) is 7.28. The third kappa shape index (κ3) is 3.56. The second kappa shape index (κ2) is 7.32. The fourth-order valence-electron chi connectivity index (χ4n) is 2.97. The van der Waals surface area contributed by atoms with Gasteiger partial charge in [-0.05, 0) is 31.9 Å². The Kier molecular flexibility index (Phi) is 4.97. The van der Waals surface area contributed by atoms with Crippen LogP contribution in [0.2, 0.25) is 0 Å². The van der Waals surface area contributed by atoms with Crippen LogP contribution in [0.5, 0.6) is 0 Å². The highest BCUT2D eigenvalue weighted by Gasteiger charge is 2.30. The van der Waals surface area contributed by atoms with Gasteiger partial charge in [0, 0.05) is 38.0 Å². The van der Waals surface area contributed by atoms with Gasteiger partial charge in [0.15, 0.2) is 0 Å². The summed E-state index contributed by atoms with van der Waals surface area (Å²) in [4.78, 5) is 19.9. The van der Waals surface area contributed by atoms with E-state index in [4.69, 9.17) is 4.74 Å². The zero-order chi connectivity index (χ0) is 16.1. The van der Waals surface area contributed by atoms with E-state index in [1.165, 1.54) is 6.33 Å².